The predicted octanol–water partition coefficient (Wildman–Crippen LogP) is 1.72. The van der Waals surface area contributed by atoms with Crippen LogP contribution in [0.25, 0.3) is 5.95 Å². The molecule has 2 aromatic heterocycles. The van der Waals surface area contributed by atoms with Crippen LogP contribution < -0.4 is 10.2 Å². The maximum absolute atomic E-state index is 4.54. The topological polar surface area (TPSA) is 71.8 Å². The first-order valence-electron chi connectivity index (χ1n) is 6.90. The Bertz CT molecular complexity index is 536. The van der Waals surface area contributed by atoms with Crippen molar-refractivity contribution in [3.05, 3.63) is 18.7 Å². The number of nitrogens with zero attached hydrogens (tertiary/aromatic N) is 6. The van der Waals surface area contributed by atoms with Crippen molar-refractivity contribution in [3.8, 4) is 5.95 Å². The van der Waals surface area contributed by atoms with Crippen LogP contribution in [-0.4, -0.2) is 43.6 Å². The molecule has 0 aliphatic carbocycles. The fourth-order valence-corrected chi connectivity index (χ4v) is 1.95. The Morgan fingerprint density at radius 1 is 1.25 bits per heavy atom. The Morgan fingerprint density at radius 2 is 2.05 bits per heavy atom. The first-order chi connectivity index (χ1) is 9.65. The van der Waals surface area contributed by atoms with Gasteiger partial charge in [0.05, 0.1) is 0 Å². The standard InChI is InChI=1S/C13H21N7/c1-5-15-11-16-12(19-8-7-14-9-19)18-13(17-11)20(6-2)10(3)4/h7-10H,5-6H2,1-4H3,(H,15,16,17,18). The Hall–Kier alpha value is -2.18. The number of imidazole rings is 1. The molecule has 0 saturated heterocycles. The van der Waals surface area contributed by atoms with Crippen molar-refractivity contribution in [3.63, 3.8) is 0 Å². The molecule has 0 aliphatic heterocycles. The number of aromatic nitrogens is 5. The van der Waals surface area contributed by atoms with E-state index in [1.165, 1.54) is 0 Å². The van der Waals surface area contributed by atoms with Crippen LogP contribution in [0.3, 0.4) is 0 Å². The fraction of sp³-hybridized carbons (Fsp3) is 0.538. The maximum atomic E-state index is 4.54. The summed E-state index contributed by atoms with van der Waals surface area (Å²) in [6.45, 7) is 9.96. The number of rotatable bonds is 6. The fourth-order valence-electron chi connectivity index (χ4n) is 1.95. The molecule has 0 amide bonds. The zero-order valence-electron chi connectivity index (χ0n) is 12.4. The predicted molar refractivity (Wildman–Crippen MR) is 79.3 cm³/mol. The Balaban J connectivity index is 2.45. The lowest BCUT2D eigenvalue weighted by molar-refractivity contribution is 0.675. The van der Waals surface area contributed by atoms with Gasteiger partial charge < -0.3 is 10.2 Å². The summed E-state index contributed by atoms with van der Waals surface area (Å²) in [5.41, 5.74) is 0. The van der Waals surface area contributed by atoms with Crippen LogP contribution in [0.1, 0.15) is 27.7 Å². The van der Waals surface area contributed by atoms with E-state index in [1.807, 2.05) is 13.1 Å². The zero-order valence-corrected chi connectivity index (χ0v) is 12.4. The van der Waals surface area contributed by atoms with E-state index >= 15 is 0 Å². The lowest BCUT2D eigenvalue weighted by atomic mass is 10.3. The van der Waals surface area contributed by atoms with Crippen LogP contribution >= 0.6 is 0 Å². The molecule has 7 heteroatoms. The van der Waals surface area contributed by atoms with E-state index in [0.29, 0.717) is 23.9 Å². The molecule has 1 N–H and O–H groups in total. The molecule has 2 aromatic rings. The summed E-state index contributed by atoms with van der Waals surface area (Å²) in [5, 5.41) is 3.15. The highest BCUT2D eigenvalue weighted by atomic mass is 15.3. The van der Waals surface area contributed by atoms with Crippen LogP contribution in [0.15, 0.2) is 18.7 Å². The largest absolute Gasteiger partial charge is 0.354 e. The van der Waals surface area contributed by atoms with Crippen molar-refractivity contribution in [1.82, 2.24) is 24.5 Å². The second-order valence-corrected chi connectivity index (χ2v) is 4.64. The van der Waals surface area contributed by atoms with E-state index in [0.717, 1.165) is 13.1 Å². The zero-order chi connectivity index (χ0) is 14.5. The van der Waals surface area contributed by atoms with Gasteiger partial charge in [-0.05, 0) is 27.7 Å². The van der Waals surface area contributed by atoms with Crippen molar-refractivity contribution in [2.45, 2.75) is 33.7 Å². The second kappa shape index (κ2) is 6.31. The Kier molecular flexibility index (Phi) is 4.49. The van der Waals surface area contributed by atoms with Gasteiger partial charge in [0.15, 0.2) is 0 Å². The van der Waals surface area contributed by atoms with Crippen molar-refractivity contribution in [2.24, 2.45) is 0 Å². The first kappa shape index (κ1) is 14.2. The van der Waals surface area contributed by atoms with Crippen molar-refractivity contribution in [2.75, 3.05) is 23.3 Å². The molecule has 7 nitrogen and oxygen atoms in total. The van der Waals surface area contributed by atoms with Crippen molar-refractivity contribution in [1.29, 1.82) is 0 Å². The molecule has 108 valence electrons. The molecular formula is C13H21N7. The van der Waals surface area contributed by atoms with Gasteiger partial charge in [0.1, 0.15) is 6.33 Å². The molecule has 2 heterocycles. The molecule has 0 saturated carbocycles. The lowest BCUT2D eigenvalue weighted by Gasteiger charge is -2.25. The summed E-state index contributed by atoms with van der Waals surface area (Å²) < 4.78 is 1.78. The summed E-state index contributed by atoms with van der Waals surface area (Å²) in [7, 11) is 0. The van der Waals surface area contributed by atoms with Gasteiger partial charge in [-0.15, -0.1) is 0 Å². The lowest BCUT2D eigenvalue weighted by Crippen LogP contribution is -2.32. The average molecular weight is 275 g/mol. The average Bonchev–Trinajstić information content (AvgIpc) is 2.93. The van der Waals surface area contributed by atoms with E-state index in [1.54, 1.807) is 17.1 Å². The first-order valence-corrected chi connectivity index (χ1v) is 6.90. The van der Waals surface area contributed by atoms with Gasteiger partial charge in [0.25, 0.3) is 0 Å². The van der Waals surface area contributed by atoms with E-state index in [4.69, 9.17) is 0 Å². The molecule has 0 spiro atoms. The van der Waals surface area contributed by atoms with Crippen LogP contribution in [0.5, 0.6) is 0 Å². The quantitative estimate of drug-likeness (QED) is 0.865. The molecule has 0 aliphatic rings. The van der Waals surface area contributed by atoms with Gasteiger partial charge in [-0.2, -0.15) is 15.0 Å². The smallest absolute Gasteiger partial charge is 0.241 e. The minimum Gasteiger partial charge on any atom is -0.354 e. The molecule has 2 rings (SSSR count). The third-order valence-corrected chi connectivity index (χ3v) is 2.90. The molecule has 20 heavy (non-hydrogen) atoms. The van der Waals surface area contributed by atoms with Crippen LogP contribution in [0, 0.1) is 0 Å². The summed E-state index contributed by atoms with van der Waals surface area (Å²) in [6.07, 6.45) is 5.21. The molecule has 0 unspecified atom stereocenters. The number of nitrogens with one attached hydrogen (secondary N) is 1. The highest BCUT2D eigenvalue weighted by Crippen LogP contribution is 2.15. The van der Waals surface area contributed by atoms with E-state index < -0.39 is 0 Å². The van der Waals surface area contributed by atoms with Crippen LogP contribution in [-0.2, 0) is 0 Å². The van der Waals surface area contributed by atoms with Crippen molar-refractivity contribution >= 4 is 11.9 Å². The van der Waals surface area contributed by atoms with E-state index in [2.05, 4.69) is 50.9 Å². The third kappa shape index (κ3) is 3.04. The summed E-state index contributed by atoms with van der Waals surface area (Å²) >= 11 is 0. The number of hydrogen-bond acceptors (Lipinski definition) is 6. The molecule has 0 fully saturated rings. The minimum absolute atomic E-state index is 0.326. The van der Waals surface area contributed by atoms with E-state index in [9.17, 15) is 0 Å². The van der Waals surface area contributed by atoms with Crippen molar-refractivity contribution < 1.29 is 0 Å². The Morgan fingerprint density at radius 3 is 2.60 bits per heavy atom. The Labute approximate surface area is 119 Å². The second-order valence-electron chi connectivity index (χ2n) is 4.64. The number of hydrogen-bond donors (Lipinski definition) is 1. The van der Waals surface area contributed by atoms with Gasteiger partial charge in [-0.1, -0.05) is 0 Å². The van der Waals surface area contributed by atoms with Gasteiger partial charge in [-0.3, -0.25) is 4.57 Å². The van der Waals surface area contributed by atoms with Crippen LogP contribution in [0.2, 0.25) is 0 Å². The SMILES string of the molecule is CCNc1nc(N(CC)C(C)C)nc(-n2ccnc2)n1. The van der Waals surface area contributed by atoms with Crippen LogP contribution in [0.4, 0.5) is 11.9 Å². The summed E-state index contributed by atoms with van der Waals surface area (Å²) in [5.74, 6) is 1.83. The molecule has 0 aromatic carbocycles. The van der Waals surface area contributed by atoms with E-state index in [-0.39, 0.29) is 0 Å². The van der Waals surface area contributed by atoms with Gasteiger partial charge >= 0.3 is 0 Å². The molecule has 0 bridgehead atoms. The highest BCUT2D eigenvalue weighted by molar-refractivity contribution is 5.40. The monoisotopic (exact) mass is 275 g/mol. The summed E-state index contributed by atoms with van der Waals surface area (Å²) in [4.78, 5) is 19.6. The molecular weight excluding hydrogens is 254 g/mol. The highest BCUT2D eigenvalue weighted by Gasteiger charge is 2.15. The summed E-state index contributed by atoms with van der Waals surface area (Å²) in [6, 6.07) is 0.326. The molecule has 0 radical (unpaired) electrons. The normalized spacial score (nSPS) is 10.8. The number of anilines is 2. The third-order valence-electron chi connectivity index (χ3n) is 2.90. The van der Waals surface area contributed by atoms with Gasteiger partial charge in [0, 0.05) is 31.5 Å². The maximum Gasteiger partial charge on any atom is 0.241 e. The minimum atomic E-state index is 0.326. The van der Waals surface area contributed by atoms with Gasteiger partial charge in [0.2, 0.25) is 17.8 Å². The van der Waals surface area contributed by atoms with Gasteiger partial charge in [-0.25, -0.2) is 4.98 Å². The molecule has 0 atom stereocenters.